The summed E-state index contributed by atoms with van der Waals surface area (Å²) in [7, 11) is 0. The van der Waals surface area contributed by atoms with Crippen LogP contribution in [0.25, 0.3) is 0 Å². The van der Waals surface area contributed by atoms with Crippen LogP contribution in [0.4, 0.5) is 5.69 Å². The first-order valence-electron chi connectivity index (χ1n) is 6.51. The van der Waals surface area contributed by atoms with Gasteiger partial charge in [0.1, 0.15) is 6.61 Å². The van der Waals surface area contributed by atoms with Gasteiger partial charge < -0.3 is 10.1 Å². The van der Waals surface area contributed by atoms with Gasteiger partial charge in [-0.15, -0.1) is 0 Å². The summed E-state index contributed by atoms with van der Waals surface area (Å²) >= 11 is 2.26. The first-order valence-corrected chi connectivity index (χ1v) is 7.59. The van der Waals surface area contributed by atoms with Crippen LogP contribution in [-0.2, 0) is 6.42 Å². The molecule has 1 N–H and O–H groups in total. The zero-order chi connectivity index (χ0) is 13.9. The van der Waals surface area contributed by atoms with Gasteiger partial charge >= 0.3 is 0 Å². The molecule has 102 valence electrons. The number of hydrogen-bond acceptors (Lipinski definition) is 3. The number of hydrogen-bond donors (Lipinski definition) is 1. The smallest absolute Gasteiger partial charge is 0.171 e. The highest BCUT2D eigenvalue weighted by atomic mass is 127. The van der Waals surface area contributed by atoms with Crippen LogP contribution in [0, 0.1) is 3.57 Å². The molecule has 3 nitrogen and oxygen atoms in total. The molecule has 4 heteroatoms. The number of para-hydroxylation sites is 1. The lowest BCUT2D eigenvalue weighted by Gasteiger charge is -2.21. The lowest BCUT2D eigenvalue weighted by Crippen LogP contribution is -2.20. The predicted octanol–water partition coefficient (Wildman–Crippen LogP) is 3.52. The average molecular weight is 379 g/mol. The van der Waals surface area contributed by atoms with Gasteiger partial charge in [-0.25, -0.2) is 0 Å². The number of rotatable bonds is 3. The van der Waals surface area contributed by atoms with E-state index in [1.165, 1.54) is 3.57 Å². The fraction of sp³-hybridized carbons (Fsp3) is 0.188. The zero-order valence-corrected chi connectivity index (χ0v) is 13.0. The Balaban J connectivity index is 1.85. The van der Waals surface area contributed by atoms with E-state index >= 15 is 0 Å². The van der Waals surface area contributed by atoms with Gasteiger partial charge in [0.25, 0.3) is 0 Å². The summed E-state index contributed by atoms with van der Waals surface area (Å²) in [4.78, 5) is 12.5. The quantitative estimate of drug-likeness (QED) is 0.655. The Bertz CT molecular complexity index is 637. The van der Waals surface area contributed by atoms with Gasteiger partial charge in [-0.1, -0.05) is 18.2 Å². The van der Waals surface area contributed by atoms with Crippen LogP contribution in [-0.4, -0.2) is 18.9 Å². The van der Waals surface area contributed by atoms with Gasteiger partial charge in [-0.05, 0) is 52.4 Å². The van der Waals surface area contributed by atoms with E-state index in [9.17, 15) is 4.79 Å². The van der Waals surface area contributed by atoms with Crippen molar-refractivity contribution in [1.29, 1.82) is 0 Å². The van der Waals surface area contributed by atoms with Crippen molar-refractivity contribution in [2.75, 3.05) is 18.5 Å². The molecule has 20 heavy (non-hydrogen) atoms. The summed E-state index contributed by atoms with van der Waals surface area (Å²) in [5.41, 5.74) is 2.59. The maximum absolute atomic E-state index is 12.5. The standard InChI is InChI=1S/C16H14INO2/c17-12-6-4-11(5-7-12)10-15(19)13-2-1-3-14-16(13)20-9-8-18-14/h1-7,18H,8-10H2. The molecule has 0 radical (unpaired) electrons. The van der Waals surface area contributed by atoms with E-state index in [-0.39, 0.29) is 5.78 Å². The number of benzene rings is 2. The van der Waals surface area contributed by atoms with E-state index in [0.717, 1.165) is 17.8 Å². The van der Waals surface area contributed by atoms with Crippen LogP contribution in [0.5, 0.6) is 5.75 Å². The first-order chi connectivity index (χ1) is 9.74. The Labute approximate surface area is 131 Å². The van der Waals surface area contributed by atoms with Crippen LogP contribution in [0.15, 0.2) is 42.5 Å². The number of nitrogens with one attached hydrogen (secondary N) is 1. The van der Waals surface area contributed by atoms with Crippen LogP contribution in [0.1, 0.15) is 15.9 Å². The molecule has 2 aromatic rings. The van der Waals surface area contributed by atoms with Crippen molar-refractivity contribution in [1.82, 2.24) is 0 Å². The molecular formula is C16H14INO2. The Morgan fingerprint density at radius 3 is 2.80 bits per heavy atom. The topological polar surface area (TPSA) is 38.3 Å². The van der Waals surface area contributed by atoms with E-state index in [1.807, 2.05) is 42.5 Å². The highest BCUT2D eigenvalue weighted by Crippen LogP contribution is 2.32. The van der Waals surface area contributed by atoms with Gasteiger partial charge in [0.05, 0.1) is 11.3 Å². The van der Waals surface area contributed by atoms with Crippen LogP contribution >= 0.6 is 22.6 Å². The molecule has 0 atom stereocenters. The van der Waals surface area contributed by atoms with Gasteiger partial charge in [0.2, 0.25) is 0 Å². The number of Topliss-reactive ketones (excluding diaryl/α,β-unsaturated/α-hetero) is 1. The molecule has 2 aromatic carbocycles. The lowest BCUT2D eigenvalue weighted by molar-refractivity contribution is 0.0989. The molecule has 0 aromatic heterocycles. The van der Waals surface area contributed by atoms with Gasteiger partial charge in [0, 0.05) is 16.5 Å². The number of carbonyl (C=O) groups is 1. The number of ketones is 1. The largest absolute Gasteiger partial charge is 0.489 e. The number of anilines is 1. The van der Waals surface area contributed by atoms with Crippen molar-refractivity contribution in [3.63, 3.8) is 0 Å². The van der Waals surface area contributed by atoms with Gasteiger partial charge in [0.15, 0.2) is 11.5 Å². The normalized spacial score (nSPS) is 13.1. The molecule has 0 bridgehead atoms. The van der Waals surface area contributed by atoms with Crippen molar-refractivity contribution in [3.8, 4) is 5.75 Å². The molecule has 0 saturated heterocycles. The second-order valence-corrected chi connectivity index (χ2v) is 5.93. The Kier molecular flexibility index (Phi) is 3.91. The second kappa shape index (κ2) is 5.83. The number of carbonyl (C=O) groups excluding carboxylic acids is 1. The average Bonchev–Trinajstić information content (AvgIpc) is 2.49. The van der Waals surface area contributed by atoms with Crippen molar-refractivity contribution in [3.05, 3.63) is 57.2 Å². The van der Waals surface area contributed by atoms with E-state index in [1.54, 1.807) is 0 Å². The Hall–Kier alpha value is -1.56. The van der Waals surface area contributed by atoms with E-state index in [2.05, 4.69) is 27.9 Å². The van der Waals surface area contributed by atoms with Crippen molar-refractivity contribution in [2.45, 2.75) is 6.42 Å². The molecule has 1 aliphatic rings. The Morgan fingerprint density at radius 1 is 1.20 bits per heavy atom. The summed E-state index contributed by atoms with van der Waals surface area (Å²) in [6, 6.07) is 13.7. The molecule has 0 aliphatic carbocycles. The maximum Gasteiger partial charge on any atom is 0.171 e. The van der Waals surface area contributed by atoms with Crippen LogP contribution < -0.4 is 10.1 Å². The minimum atomic E-state index is 0.0896. The van der Waals surface area contributed by atoms with Crippen molar-refractivity contribution in [2.24, 2.45) is 0 Å². The minimum absolute atomic E-state index is 0.0896. The molecule has 1 aliphatic heterocycles. The van der Waals surface area contributed by atoms with Crippen LogP contribution in [0.3, 0.4) is 0 Å². The third-order valence-electron chi connectivity index (χ3n) is 3.26. The lowest BCUT2D eigenvalue weighted by atomic mass is 10.0. The monoisotopic (exact) mass is 379 g/mol. The first kappa shape index (κ1) is 13.4. The third kappa shape index (κ3) is 2.80. The summed E-state index contributed by atoms with van der Waals surface area (Å²) in [6.45, 7) is 1.38. The molecule has 0 saturated carbocycles. The van der Waals surface area contributed by atoms with E-state index in [0.29, 0.717) is 24.3 Å². The molecule has 0 amide bonds. The summed E-state index contributed by atoms with van der Waals surface area (Å²) in [5.74, 6) is 0.779. The maximum atomic E-state index is 12.5. The predicted molar refractivity (Wildman–Crippen MR) is 87.6 cm³/mol. The van der Waals surface area contributed by atoms with Crippen LogP contribution in [0.2, 0.25) is 0 Å². The number of ether oxygens (including phenoxy) is 1. The van der Waals surface area contributed by atoms with Gasteiger partial charge in [-0.3, -0.25) is 4.79 Å². The summed E-state index contributed by atoms with van der Waals surface area (Å²) in [6.07, 6.45) is 0.400. The zero-order valence-electron chi connectivity index (χ0n) is 10.9. The molecule has 3 rings (SSSR count). The van der Waals surface area contributed by atoms with Crippen molar-refractivity contribution >= 4 is 34.1 Å². The second-order valence-electron chi connectivity index (χ2n) is 4.68. The van der Waals surface area contributed by atoms with E-state index < -0.39 is 0 Å². The summed E-state index contributed by atoms with van der Waals surface area (Å²) < 4.78 is 6.82. The van der Waals surface area contributed by atoms with Crippen molar-refractivity contribution < 1.29 is 9.53 Å². The van der Waals surface area contributed by atoms with E-state index in [4.69, 9.17) is 4.74 Å². The fourth-order valence-electron chi connectivity index (χ4n) is 2.27. The number of fused-ring (bicyclic) bond motifs is 1. The Morgan fingerprint density at radius 2 is 2.00 bits per heavy atom. The van der Waals surface area contributed by atoms with Gasteiger partial charge in [-0.2, -0.15) is 0 Å². The highest BCUT2D eigenvalue weighted by molar-refractivity contribution is 14.1. The molecular weight excluding hydrogens is 365 g/mol. The SMILES string of the molecule is O=C(Cc1ccc(I)cc1)c1cccc2c1OCCN2. The minimum Gasteiger partial charge on any atom is -0.489 e. The molecule has 1 heterocycles. The molecule has 0 unspecified atom stereocenters. The molecule has 0 fully saturated rings. The molecule has 0 spiro atoms. The third-order valence-corrected chi connectivity index (χ3v) is 3.98. The fourth-order valence-corrected chi connectivity index (χ4v) is 2.63. The summed E-state index contributed by atoms with van der Waals surface area (Å²) in [5, 5.41) is 3.25. The number of halogens is 1. The highest BCUT2D eigenvalue weighted by Gasteiger charge is 2.18.